The van der Waals surface area contributed by atoms with Crippen LogP contribution in [0.1, 0.15) is 19.4 Å². The molecular formula is C26H19BrClN3O3. The van der Waals surface area contributed by atoms with Gasteiger partial charge in [-0.05, 0) is 68.4 Å². The Labute approximate surface area is 208 Å². The third-order valence-corrected chi connectivity index (χ3v) is 5.83. The number of rotatable bonds is 5. The highest BCUT2D eigenvalue weighted by Gasteiger charge is 2.17. The Balaban J connectivity index is 1.71. The fourth-order valence-electron chi connectivity index (χ4n) is 3.62. The number of ether oxygens (including phenoxy) is 1. The van der Waals surface area contributed by atoms with Crippen molar-refractivity contribution < 1.29 is 9.15 Å². The first kappa shape index (κ1) is 22.4. The molecule has 0 amide bonds. The Morgan fingerprint density at radius 1 is 1.12 bits per heavy atom. The summed E-state index contributed by atoms with van der Waals surface area (Å²) in [5.74, 6) is 1.35. The number of halogens is 2. The summed E-state index contributed by atoms with van der Waals surface area (Å²) in [6, 6.07) is 19.9. The maximum absolute atomic E-state index is 13.4. The van der Waals surface area contributed by atoms with E-state index in [0.717, 1.165) is 9.86 Å². The number of para-hydroxylation sites is 1. The molecule has 170 valence electrons. The molecule has 0 saturated heterocycles. The van der Waals surface area contributed by atoms with Crippen molar-refractivity contribution in [3.63, 3.8) is 0 Å². The molecule has 3 aromatic carbocycles. The molecule has 0 aliphatic rings. The predicted molar refractivity (Wildman–Crippen MR) is 139 cm³/mol. The summed E-state index contributed by atoms with van der Waals surface area (Å²) in [7, 11) is 0. The predicted octanol–water partition coefficient (Wildman–Crippen LogP) is 6.90. The van der Waals surface area contributed by atoms with E-state index in [9.17, 15) is 4.79 Å². The van der Waals surface area contributed by atoms with Gasteiger partial charge in [0, 0.05) is 20.4 Å². The zero-order chi connectivity index (χ0) is 23.8. The largest absolute Gasteiger partial charge is 0.490 e. The number of aromatic nitrogens is 2. The lowest BCUT2D eigenvalue weighted by atomic mass is 10.2. The average Bonchev–Trinajstić information content (AvgIpc) is 3.22. The molecule has 0 bridgehead atoms. The first-order valence-corrected chi connectivity index (χ1v) is 11.8. The highest BCUT2D eigenvalue weighted by atomic mass is 79.9. The summed E-state index contributed by atoms with van der Waals surface area (Å²) in [5, 5.41) is 6.38. The van der Waals surface area contributed by atoms with Gasteiger partial charge in [0.15, 0.2) is 5.76 Å². The smallest absolute Gasteiger partial charge is 0.282 e. The molecule has 0 spiro atoms. The molecule has 5 aromatic rings. The van der Waals surface area contributed by atoms with Crippen molar-refractivity contribution in [1.29, 1.82) is 0 Å². The fourth-order valence-corrected chi connectivity index (χ4v) is 4.18. The Bertz CT molecular complexity index is 1620. The van der Waals surface area contributed by atoms with Crippen molar-refractivity contribution in [2.24, 2.45) is 5.10 Å². The Morgan fingerprint density at radius 2 is 1.94 bits per heavy atom. The van der Waals surface area contributed by atoms with E-state index in [0.29, 0.717) is 38.6 Å². The normalized spacial score (nSPS) is 11.8. The summed E-state index contributed by atoms with van der Waals surface area (Å²) in [6.45, 7) is 3.90. The van der Waals surface area contributed by atoms with Crippen molar-refractivity contribution in [1.82, 2.24) is 9.66 Å². The molecule has 0 saturated carbocycles. The van der Waals surface area contributed by atoms with Crippen LogP contribution in [0.15, 0.2) is 85.5 Å². The minimum absolute atomic E-state index is 0.0173. The van der Waals surface area contributed by atoms with Gasteiger partial charge in [0.25, 0.3) is 5.56 Å². The van der Waals surface area contributed by atoms with Crippen molar-refractivity contribution in [3.8, 4) is 17.3 Å². The molecule has 0 N–H and O–H groups in total. The zero-order valence-corrected chi connectivity index (χ0v) is 20.7. The van der Waals surface area contributed by atoms with E-state index in [-0.39, 0.29) is 17.5 Å². The van der Waals surface area contributed by atoms with Gasteiger partial charge in [-0.15, -0.1) is 0 Å². The van der Waals surface area contributed by atoms with Crippen molar-refractivity contribution in [3.05, 3.63) is 92.1 Å². The fraction of sp³-hybridized carbons (Fsp3) is 0.115. The van der Waals surface area contributed by atoms with Gasteiger partial charge in [-0.3, -0.25) is 4.79 Å². The van der Waals surface area contributed by atoms with Crippen LogP contribution >= 0.6 is 27.5 Å². The second-order valence-corrected chi connectivity index (χ2v) is 9.31. The van der Waals surface area contributed by atoms with E-state index >= 15 is 0 Å². The van der Waals surface area contributed by atoms with Crippen LogP contribution in [0.4, 0.5) is 0 Å². The molecule has 0 unspecified atom stereocenters. The Hall–Kier alpha value is -3.42. The molecule has 0 fully saturated rings. The average molecular weight is 537 g/mol. The van der Waals surface area contributed by atoms with Gasteiger partial charge in [0.05, 0.1) is 23.2 Å². The molecule has 2 heterocycles. The molecule has 0 aliphatic heterocycles. The van der Waals surface area contributed by atoms with Crippen LogP contribution in [-0.2, 0) is 0 Å². The topological polar surface area (TPSA) is 69.6 Å². The van der Waals surface area contributed by atoms with Crippen LogP contribution in [0, 0.1) is 0 Å². The van der Waals surface area contributed by atoms with Crippen LogP contribution in [0.25, 0.3) is 33.5 Å². The van der Waals surface area contributed by atoms with Gasteiger partial charge >= 0.3 is 0 Å². The summed E-state index contributed by atoms with van der Waals surface area (Å²) in [6.07, 6.45) is 1.57. The lowest BCUT2D eigenvalue weighted by Crippen LogP contribution is -2.20. The highest BCUT2D eigenvalue weighted by Crippen LogP contribution is 2.29. The quantitative estimate of drug-likeness (QED) is 0.229. The van der Waals surface area contributed by atoms with Crippen LogP contribution in [0.5, 0.6) is 5.75 Å². The second-order valence-electron chi connectivity index (χ2n) is 7.96. The van der Waals surface area contributed by atoms with Gasteiger partial charge in [-0.2, -0.15) is 9.78 Å². The maximum atomic E-state index is 13.4. The van der Waals surface area contributed by atoms with Crippen LogP contribution in [0.2, 0.25) is 5.02 Å². The number of furan rings is 1. The molecule has 0 aliphatic carbocycles. The molecule has 0 radical (unpaired) electrons. The first-order chi connectivity index (χ1) is 16.4. The summed E-state index contributed by atoms with van der Waals surface area (Å²) < 4.78 is 14.0. The van der Waals surface area contributed by atoms with Crippen molar-refractivity contribution in [2.45, 2.75) is 20.0 Å². The van der Waals surface area contributed by atoms with Gasteiger partial charge in [0.2, 0.25) is 5.82 Å². The van der Waals surface area contributed by atoms with E-state index in [2.05, 4.69) is 21.0 Å². The maximum Gasteiger partial charge on any atom is 0.282 e. The lowest BCUT2D eigenvalue weighted by Gasteiger charge is -2.12. The highest BCUT2D eigenvalue weighted by molar-refractivity contribution is 9.10. The number of benzene rings is 3. The van der Waals surface area contributed by atoms with E-state index < -0.39 is 0 Å². The van der Waals surface area contributed by atoms with E-state index in [4.69, 9.17) is 25.7 Å². The molecule has 5 rings (SSSR count). The zero-order valence-electron chi connectivity index (χ0n) is 18.3. The molecular weight excluding hydrogens is 518 g/mol. The molecule has 6 nitrogen and oxygen atoms in total. The standard InChI is InChI=1S/C26H19BrClN3O3/c1-15(2)33-23-9-7-18(27)11-17(23)14-29-31-25(30-21-6-4-3-5-20(21)26(31)32)24-13-16-12-19(28)8-10-22(16)34-24/h3-15H,1-2H3. The van der Waals surface area contributed by atoms with Crippen molar-refractivity contribution >= 4 is 55.6 Å². The summed E-state index contributed by atoms with van der Waals surface area (Å²) in [4.78, 5) is 18.2. The number of hydrogen-bond acceptors (Lipinski definition) is 5. The monoisotopic (exact) mass is 535 g/mol. The molecule has 0 atom stereocenters. The van der Waals surface area contributed by atoms with Gasteiger partial charge < -0.3 is 9.15 Å². The minimum atomic E-state index is -0.309. The minimum Gasteiger partial charge on any atom is -0.490 e. The van der Waals surface area contributed by atoms with Crippen LogP contribution in [-0.4, -0.2) is 22.0 Å². The third-order valence-electron chi connectivity index (χ3n) is 5.10. The second kappa shape index (κ2) is 9.08. The number of nitrogens with zero attached hydrogens (tertiary/aromatic N) is 3. The molecule has 8 heteroatoms. The van der Waals surface area contributed by atoms with E-state index in [1.165, 1.54) is 4.68 Å². The lowest BCUT2D eigenvalue weighted by molar-refractivity contribution is 0.242. The Kier molecular flexibility index (Phi) is 5.98. The summed E-state index contributed by atoms with van der Waals surface area (Å²) in [5.41, 5.74) is 1.60. The van der Waals surface area contributed by atoms with Crippen molar-refractivity contribution in [2.75, 3.05) is 0 Å². The Morgan fingerprint density at radius 3 is 2.76 bits per heavy atom. The molecule has 34 heavy (non-hydrogen) atoms. The van der Waals surface area contributed by atoms with E-state index in [1.54, 1.807) is 48.7 Å². The number of hydrogen-bond donors (Lipinski definition) is 0. The third kappa shape index (κ3) is 4.36. The van der Waals surface area contributed by atoms with Gasteiger partial charge in [-0.1, -0.05) is 39.7 Å². The van der Waals surface area contributed by atoms with Gasteiger partial charge in [0.1, 0.15) is 11.3 Å². The SMILES string of the molecule is CC(C)Oc1ccc(Br)cc1C=Nn1c(-c2cc3cc(Cl)ccc3o2)nc2ccccc2c1=O. The van der Waals surface area contributed by atoms with Gasteiger partial charge in [-0.25, -0.2) is 4.98 Å². The van der Waals surface area contributed by atoms with E-state index in [1.807, 2.05) is 38.1 Å². The summed E-state index contributed by atoms with van der Waals surface area (Å²) >= 11 is 9.63. The number of fused-ring (bicyclic) bond motifs is 2. The molecule has 2 aromatic heterocycles. The van der Waals surface area contributed by atoms with Crippen LogP contribution < -0.4 is 10.3 Å². The first-order valence-electron chi connectivity index (χ1n) is 10.6. The van der Waals surface area contributed by atoms with Crippen LogP contribution in [0.3, 0.4) is 0 Å².